The number of carboxylic acid groups (broad SMARTS) is 1. The third-order valence-electron chi connectivity index (χ3n) is 4.50. The van der Waals surface area contributed by atoms with E-state index in [1.165, 1.54) is 0 Å². The lowest BCUT2D eigenvalue weighted by Crippen LogP contribution is -2.43. The van der Waals surface area contributed by atoms with Crippen LogP contribution in [-0.4, -0.2) is 23.0 Å². The van der Waals surface area contributed by atoms with Crippen LogP contribution in [0.4, 0.5) is 0 Å². The van der Waals surface area contributed by atoms with E-state index in [1.54, 1.807) is 38.1 Å². The van der Waals surface area contributed by atoms with Crippen molar-refractivity contribution in [2.24, 2.45) is 5.41 Å². The predicted molar refractivity (Wildman–Crippen MR) is 96.1 cm³/mol. The van der Waals surface area contributed by atoms with Gasteiger partial charge in [-0.3, -0.25) is 9.59 Å². The van der Waals surface area contributed by atoms with Crippen molar-refractivity contribution in [1.29, 1.82) is 0 Å². The highest BCUT2D eigenvalue weighted by Crippen LogP contribution is 2.28. The number of hydrogen-bond acceptors (Lipinski definition) is 4. The Morgan fingerprint density at radius 1 is 0.923 bits per heavy atom. The van der Waals surface area contributed by atoms with Crippen molar-refractivity contribution in [3.8, 4) is 11.1 Å². The summed E-state index contributed by atoms with van der Waals surface area (Å²) in [6.45, 7) is 3.17. The summed E-state index contributed by atoms with van der Waals surface area (Å²) in [5.74, 6) is -2.87. The van der Waals surface area contributed by atoms with Gasteiger partial charge < -0.3 is 9.94 Å². The summed E-state index contributed by atoms with van der Waals surface area (Å²) in [6.07, 6.45) is 0.138. The van der Waals surface area contributed by atoms with E-state index in [-0.39, 0.29) is 12.8 Å². The number of amides is 1. The van der Waals surface area contributed by atoms with Crippen molar-refractivity contribution < 1.29 is 24.3 Å². The Kier molecular flexibility index (Phi) is 6.11. The number of carbonyl (C=O) groups excluding carboxylic acids is 2. The van der Waals surface area contributed by atoms with Gasteiger partial charge in [-0.1, -0.05) is 56.3 Å². The van der Waals surface area contributed by atoms with Crippen LogP contribution in [-0.2, 0) is 14.4 Å². The van der Waals surface area contributed by atoms with E-state index >= 15 is 0 Å². The lowest BCUT2D eigenvalue weighted by molar-refractivity contribution is -0.173. The molecule has 0 fully saturated rings. The zero-order valence-corrected chi connectivity index (χ0v) is 14.7. The minimum atomic E-state index is -1.66. The highest BCUT2D eigenvalue weighted by atomic mass is 16.7. The molecule has 0 saturated carbocycles. The van der Waals surface area contributed by atoms with E-state index in [0.717, 1.165) is 11.1 Å². The van der Waals surface area contributed by atoms with Crippen molar-refractivity contribution in [1.82, 2.24) is 5.48 Å². The van der Waals surface area contributed by atoms with Gasteiger partial charge in [0.05, 0.1) is 0 Å². The number of aliphatic carboxylic acids is 1. The number of nitrogens with one attached hydrogen (secondary N) is 1. The largest absolute Gasteiger partial charge is 0.480 e. The lowest BCUT2D eigenvalue weighted by Gasteiger charge is -2.23. The molecule has 1 amide bonds. The number of benzene rings is 2. The highest BCUT2D eigenvalue weighted by Gasteiger charge is 2.45. The Morgan fingerprint density at radius 2 is 1.46 bits per heavy atom. The fraction of sp³-hybridized carbons (Fsp3) is 0.250. The van der Waals surface area contributed by atoms with Gasteiger partial charge in [-0.05, 0) is 36.1 Å². The Bertz CT molecular complexity index is 780. The molecule has 0 aliphatic carbocycles. The molecule has 2 N–H and O–H groups in total. The molecule has 0 spiro atoms. The van der Waals surface area contributed by atoms with E-state index in [0.29, 0.717) is 5.56 Å². The summed E-state index contributed by atoms with van der Waals surface area (Å²) in [7, 11) is 0. The van der Waals surface area contributed by atoms with Gasteiger partial charge in [0.1, 0.15) is 0 Å². The Labute approximate surface area is 151 Å². The topological polar surface area (TPSA) is 92.7 Å². The van der Waals surface area contributed by atoms with Gasteiger partial charge in [-0.15, -0.1) is 0 Å². The van der Waals surface area contributed by atoms with Crippen molar-refractivity contribution in [3.05, 3.63) is 60.2 Å². The second kappa shape index (κ2) is 8.29. The van der Waals surface area contributed by atoms with Gasteiger partial charge in [0, 0.05) is 5.56 Å². The van der Waals surface area contributed by atoms with Crippen LogP contribution in [0.5, 0.6) is 0 Å². The molecule has 136 valence electrons. The van der Waals surface area contributed by atoms with E-state index in [4.69, 9.17) is 4.84 Å². The second-order valence-electron chi connectivity index (χ2n) is 5.86. The molecule has 0 saturated heterocycles. The van der Waals surface area contributed by atoms with Crippen LogP contribution < -0.4 is 5.48 Å². The van der Waals surface area contributed by atoms with Gasteiger partial charge >= 0.3 is 11.9 Å². The molecule has 0 aromatic heterocycles. The normalized spacial score (nSPS) is 10.8. The average Bonchev–Trinajstić information content (AvgIpc) is 2.68. The van der Waals surface area contributed by atoms with E-state index in [9.17, 15) is 19.5 Å². The van der Waals surface area contributed by atoms with E-state index in [1.807, 2.05) is 35.8 Å². The first-order chi connectivity index (χ1) is 12.4. The maximum Gasteiger partial charge on any atom is 0.349 e. The zero-order chi connectivity index (χ0) is 19.2. The van der Waals surface area contributed by atoms with Gasteiger partial charge in [-0.2, -0.15) is 5.48 Å². The van der Waals surface area contributed by atoms with Gasteiger partial charge in [0.2, 0.25) is 0 Å². The molecule has 0 aliphatic rings. The molecule has 6 nitrogen and oxygen atoms in total. The molecule has 2 aromatic rings. The third kappa shape index (κ3) is 3.91. The first kappa shape index (κ1) is 19.2. The van der Waals surface area contributed by atoms with Crippen molar-refractivity contribution >= 4 is 17.8 Å². The molecule has 0 radical (unpaired) electrons. The quantitative estimate of drug-likeness (QED) is 0.612. The van der Waals surface area contributed by atoms with Crippen LogP contribution >= 0.6 is 0 Å². The highest BCUT2D eigenvalue weighted by molar-refractivity contribution is 6.00. The molecular weight excluding hydrogens is 334 g/mol. The zero-order valence-electron chi connectivity index (χ0n) is 14.7. The summed E-state index contributed by atoms with van der Waals surface area (Å²) in [6, 6.07) is 16.5. The molecule has 0 bridgehead atoms. The maximum atomic E-state index is 12.1. The van der Waals surface area contributed by atoms with Crippen LogP contribution in [0.25, 0.3) is 11.1 Å². The number of rotatable bonds is 6. The third-order valence-corrected chi connectivity index (χ3v) is 4.50. The van der Waals surface area contributed by atoms with Gasteiger partial charge in [-0.25, -0.2) is 4.79 Å². The van der Waals surface area contributed by atoms with Crippen LogP contribution in [0, 0.1) is 5.41 Å². The molecule has 6 heteroatoms. The monoisotopic (exact) mass is 355 g/mol. The molecule has 2 rings (SSSR count). The summed E-state index contributed by atoms with van der Waals surface area (Å²) in [5.41, 5.74) is 2.63. The number of carbonyl (C=O) groups is 3. The first-order valence-electron chi connectivity index (χ1n) is 8.35. The summed E-state index contributed by atoms with van der Waals surface area (Å²) >= 11 is 0. The summed E-state index contributed by atoms with van der Waals surface area (Å²) in [4.78, 5) is 40.4. The number of hydrogen-bond donors (Lipinski definition) is 2. The first-order valence-corrected chi connectivity index (χ1v) is 8.35. The summed E-state index contributed by atoms with van der Waals surface area (Å²) in [5, 5.41) is 9.30. The van der Waals surface area contributed by atoms with Crippen molar-refractivity contribution in [2.45, 2.75) is 26.7 Å². The molecule has 26 heavy (non-hydrogen) atoms. The molecule has 0 aliphatic heterocycles. The lowest BCUT2D eigenvalue weighted by atomic mass is 9.83. The average molecular weight is 355 g/mol. The molecule has 0 heterocycles. The minimum Gasteiger partial charge on any atom is -0.480 e. The number of carboxylic acids is 1. The SMILES string of the molecule is CCC(CC)(C(=O)O)C(=O)ONC(=O)c1ccc(-c2ccccc2)cc1. The fourth-order valence-electron chi connectivity index (χ4n) is 2.62. The van der Waals surface area contributed by atoms with Gasteiger partial charge in [0.25, 0.3) is 5.91 Å². The number of hydroxylamine groups is 1. The maximum absolute atomic E-state index is 12.1. The van der Waals surface area contributed by atoms with E-state index < -0.39 is 23.3 Å². The van der Waals surface area contributed by atoms with Gasteiger partial charge in [0.15, 0.2) is 5.41 Å². The van der Waals surface area contributed by atoms with Crippen molar-refractivity contribution in [2.75, 3.05) is 0 Å². The molecule has 2 aromatic carbocycles. The second-order valence-corrected chi connectivity index (χ2v) is 5.86. The smallest absolute Gasteiger partial charge is 0.349 e. The van der Waals surface area contributed by atoms with Crippen molar-refractivity contribution in [3.63, 3.8) is 0 Å². The fourth-order valence-corrected chi connectivity index (χ4v) is 2.62. The van der Waals surface area contributed by atoms with Crippen LogP contribution in [0.1, 0.15) is 37.0 Å². The summed E-state index contributed by atoms with van der Waals surface area (Å²) < 4.78 is 0. The molecular formula is C20H21NO5. The van der Waals surface area contributed by atoms with Crippen LogP contribution in [0.2, 0.25) is 0 Å². The molecule has 0 unspecified atom stereocenters. The predicted octanol–water partition coefficient (Wildman–Crippen LogP) is 3.43. The Balaban J connectivity index is 2.04. The van der Waals surface area contributed by atoms with Crippen LogP contribution in [0.15, 0.2) is 54.6 Å². The van der Waals surface area contributed by atoms with E-state index in [2.05, 4.69) is 0 Å². The Hall–Kier alpha value is -3.15. The Morgan fingerprint density at radius 3 is 1.96 bits per heavy atom. The minimum absolute atomic E-state index is 0.0688. The molecule has 0 atom stereocenters. The van der Waals surface area contributed by atoms with Crippen LogP contribution in [0.3, 0.4) is 0 Å². The standard InChI is InChI=1S/C20H21NO5/c1-3-20(4-2,18(23)24)19(25)26-21-17(22)16-12-10-15(11-13-16)14-8-6-5-7-9-14/h5-13H,3-4H2,1-2H3,(H,21,22)(H,23,24).